The number of carboxylic acid groups (broad SMARTS) is 1. The van der Waals surface area contributed by atoms with Crippen LogP contribution in [0.4, 0.5) is 0 Å². The van der Waals surface area contributed by atoms with Crippen LogP contribution in [0.2, 0.25) is 0 Å². The summed E-state index contributed by atoms with van der Waals surface area (Å²) in [6.45, 7) is 4.42. The monoisotopic (exact) mass is 268 g/mol. The summed E-state index contributed by atoms with van der Waals surface area (Å²) in [5.74, 6) is -0.771. The van der Waals surface area contributed by atoms with E-state index in [4.69, 9.17) is 0 Å². The highest BCUT2D eigenvalue weighted by Crippen LogP contribution is 2.38. The number of piperidine rings is 1. The van der Waals surface area contributed by atoms with Gasteiger partial charge in [0.2, 0.25) is 5.91 Å². The lowest BCUT2D eigenvalue weighted by molar-refractivity contribution is -0.154. The van der Waals surface area contributed by atoms with Crippen LogP contribution in [-0.2, 0) is 9.59 Å². The summed E-state index contributed by atoms with van der Waals surface area (Å²) in [5.41, 5.74) is -0.321. The zero-order valence-corrected chi connectivity index (χ0v) is 11.7. The molecule has 0 spiro atoms. The number of amides is 1. The van der Waals surface area contributed by atoms with Gasteiger partial charge in [-0.15, -0.1) is 0 Å². The van der Waals surface area contributed by atoms with Crippen molar-refractivity contribution >= 4 is 11.9 Å². The largest absolute Gasteiger partial charge is 0.480 e. The van der Waals surface area contributed by atoms with Crippen molar-refractivity contribution in [3.05, 3.63) is 0 Å². The Hall–Kier alpha value is -1.10. The number of hydrogen-bond acceptors (Lipinski definition) is 3. The lowest BCUT2D eigenvalue weighted by Gasteiger charge is -2.40. The zero-order valence-electron chi connectivity index (χ0n) is 11.7. The van der Waals surface area contributed by atoms with Crippen molar-refractivity contribution in [3.63, 3.8) is 0 Å². The Bertz CT molecular complexity index is 345. The van der Waals surface area contributed by atoms with Crippen molar-refractivity contribution in [1.82, 2.24) is 10.2 Å². The molecule has 0 bridgehead atoms. The number of nitrogens with one attached hydrogen (secondary N) is 1. The molecule has 2 aliphatic heterocycles. The molecule has 0 aromatic carbocycles. The summed E-state index contributed by atoms with van der Waals surface area (Å²) in [6.07, 6.45) is 4.92. The molecule has 5 heteroatoms. The smallest absolute Gasteiger partial charge is 0.326 e. The molecular formula is C14H24N2O3. The van der Waals surface area contributed by atoms with Crippen LogP contribution < -0.4 is 5.32 Å². The molecule has 0 saturated carbocycles. The fraction of sp³-hybridized carbons (Fsp3) is 0.857. The van der Waals surface area contributed by atoms with Crippen LogP contribution >= 0.6 is 0 Å². The van der Waals surface area contributed by atoms with Gasteiger partial charge in [0.05, 0.1) is 5.41 Å². The lowest BCUT2D eigenvalue weighted by atomic mass is 9.74. The van der Waals surface area contributed by atoms with Gasteiger partial charge in [-0.2, -0.15) is 0 Å². The summed E-state index contributed by atoms with van der Waals surface area (Å²) < 4.78 is 0. The van der Waals surface area contributed by atoms with E-state index >= 15 is 0 Å². The van der Waals surface area contributed by atoms with Gasteiger partial charge in [-0.05, 0) is 45.2 Å². The minimum absolute atomic E-state index is 0.0840. The molecule has 19 heavy (non-hydrogen) atoms. The molecule has 1 amide bonds. The second-order valence-electron chi connectivity index (χ2n) is 5.78. The topological polar surface area (TPSA) is 69.6 Å². The fourth-order valence-electron chi connectivity index (χ4n) is 3.53. The van der Waals surface area contributed by atoms with Crippen LogP contribution in [0.3, 0.4) is 0 Å². The third kappa shape index (κ3) is 2.76. The first-order valence-corrected chi connectivity index (χ1v) is 7.35. The molecule has 0 aromatic heterocycles. The van der Waals surface area contributed by atoms with E-state index in [0.29, 0.717) is 13.0 Å². The minimum Gasteiger partial charge on any atom is -0.480 e. The predicted octanol–water partition coefficient (Wildman–Crippen LogP) is 1.23. The van der Waals surface area contributed by atoms with Crippen molar-refractivity contribution in [1.29, 1.82) is 0 Å². The summed E-state index contributed by atoms with van der Waals surface area (Å²) in [7, 11) is 0. The van der Waals surface area contributed by atoms with E-state index in [9.17, 15) is 14.7 Å². The maximum Gasteiger partial charge on any atom is 0.326 e. The van der Waals surface area contributed by atoms with Crippen LogP contribution in [0.25, 0.3) is 0 Å². The highest BCUT2D eigenvalue weighted by Gasteiger charge is 2.45. The van der Waals surface area contributed by atoms with Gasteiger partial charge in [0.1, 0.15) is 6.04 Å². The van der Waals surface area contributed by atoms with Crippen molar-refractivity contribution in [2.45, 2.75) is 51.5 Å². The molecule has 108 valence electrons. The number of rotatable bonds is 4. The van der Waals surface area contributed by atoms with Crippen LogP contribution in [0, 0.1) is 5.41 Å². The quantitative estimate of drug-likeness (QED) is 0.804. The molecule has 1 atom stereocenters. The van der Waals surface area contributed by atoms with Crippen LogP contribution in [0.5, 0.6) is 0 Å². The van der Waals surface area contributed by atoms with Gasteiger partial charge in [0.25, 0.3) is 0 Å². The molecule has 0 radical (unpaired) electrons. The maximum absolute atomic E-state index is 12.9. The summed E-state index contributed by atoms with van der Waals surface area (Å²) in [5, 5.41) is 12.5. The predicted molar refractivity (Wildman–Crippen MR) is 71.8 cm³/mol. The Balaban J connectivity index is 2.16. The van der Waals surface area contributed by atoms with Gasteiger partial charge in [-0.1, -0.05) is 13.3 Å². The van der Waals surface area contributed by atoms with Crippen molar-refractivity contribution in [3.8, 4) is 0 Å². The van der Waals surface area contributed by atoms with Crippen LogP contribution in [0.15, 0.2) is 0 Å². The number of nitrogens with zero attached hydrogens (tertiary/aromatic N) is 1. The first-order chi connectivity index (χ1) is 9.10. The fourth-order valence-corrected chi connectivity index (χ4v) is 3.53. The van der Waals surface area contributed by atoms with E-state index < -0.39 is 12.0 Å². The molecule has 2 saturated heterocycles. The zero-order chi connectivity index (χ0) is 13.9. The standard InChI is InChI=1S/C14H24N2O3/c1-2-5-14(6-8-15-9-7-14)13(19)16-10-3-4-11(16)12(17)18/h11,15H,2-10H2,1H3,(H,17,18). The summed E-state index contributed by atoms with van der Waals surface area (Å²) in [4.78, 5) is 25.7. The molecular weight excluding hydrogens is 244 g/mol. The van der Waals surface area contributed by atoms with Crippen molar-refractivity contribution < 1.29 is 14.7 Å². The number of aliphatic carboxylic acids is 1. The third-order valence-corrected chi connectivity index (χ3v) is 4.54. The number of carboxylic acids is 1. The molecule has 0 aromatic rings. The number of carbonyl (C=O) groups is 2. The van der Waals surface area contributed by atoms with Gasteiger partial charge in [-0.25, -0.2) is 4.79 Å². The number of hydrogen-bond donors (Lipinski definition) is 2. The number of likely N-dealkylation sites (tertiary alicyclic amines) is 1. The molecule has 2 aliphatic rings. The molecule has 0 aliphatic carbocycles. The van der Waals surface area contributed by atoms with Crippen molar-refractivity contribution in [2.75, 3.05) is 19.6 Å². The molecule has 1 unspecified atom stereocenters. The van der Waals surface area contributed by atoms with E-state index in [1.807, 2.05) is 0 Å². The second kappa shape index (κ2) is 5.90. The van der Waals surface area contributed by atoms with Gasteiger partial charge < -0.3 is 15.3 Å². The molecule has 2 N–H and O–H groups in total. The Morgan fingerprint density at radius 3 is 2.63 bits per heavy atom. The molecule has 2 heterocycles. The Kier molecular flexibility index (Phi) is 4.45. The third-order valence-electron chi connectivity index (χ3n) is 4.54. The lowest BCUT2D eigenvalue weighted by Crippen LogP contribution is -2.52. The minimum atomic E-state index is -0.855. The SMILES string of the molecule is CCCC1(C(=O)N2CCCC2C(=O)O)CCNCC1. The van der Waals surface area contributed by atoms with Crippen LogP contribution in [-0.4, -0.2) is 47.6 Å². The highest BCUT2D eigenvalue weighted by atomic mass is 16.4. The average molecular weight is 268 g/mol. The average Bonchev–Trinajstić information content (AvgIpc) is 2.88. The number of carbonyl (C=O) groups excluding carboxylic acids is 1. The highest BCUT2D eigenvalue weighted by molar-refractivity contribution is 5.88. The summed E-state index contributed by atoms with van der Waals surface area (Å²) >= 11 is 0. The maximum atomic E-state index is 12.9. The first kappa shape index (κ1) is 14.3. The summed E-state index contributed by atoms with van der Waals surface area (Å²) in [6, 6.07) is -0.601. The molecule has 5 nitrogen and oxygen atoms in total. The van der Waals surface area contributed by atoms with E-state index in [-0.39, 0.29) is 11.3 Å². The van der Waals surface area contributed by atoms with Gasteiger partial charge in [0, 0.05) is 6.54 Å². The van der Waals surface area contributed by atoms with E-state index in [1.54, 1.807) is 4.90 Å². The Labute approximate surface area is 114 Å². The normalized spacial score (nSPS) is 26.4. The van der Waals surface area contributed by atoms with Gasteiger partial charge >= 0.3 is 5.97 Å². The Morgan fingerprint density at radius 2 is 2.05 bits per heavy atom. The van der Waals surface area contributed by atoms with Crippen molar-refractivity contribution in [2.24, 2.45) is 5.41 Å². The molecule has 2 fully saturated rings. The van der Waals surface area contributed by atoms with Gasteiger partial charge in [0.15, 0.2) is 0 Å². The van der Waals surface area contributed by atoms with Gasteiger partial charge in [-0.3, -0.25) is 4.79 Å². The molecule has 2 rings (SSSR count). The Morgan fingerprint density at radius 1 is 1.37 bits per heavy atom. The van der Waals surface area contributed by atoms with E-state index in [1.165, 1.54) is 0 Å². The van der Waals surface area contributed by atoms with E-state index in [0.717, 1.165) is 45.2 Å². The second-order valence-corrected chi connectivity index (χ2v) is 5.78. The van der Waals surface area contributed by atoms with E-state index in [2.05, 4.69) is 12.2 Å². The van der Waals surface area contributed by atoms with Crippen LogP contribution in [0.1, 0.15) is 45.4 Å². The first-order valence-electron chi connectivity index (χ1n) is 7.35.